The van der Waals surface area contributed by atoms with Gasteiger partial charge in [-0.2, -0.15) is 4.98 Å². The topological polar surface area (TPSA) is 81.0 Å². The smallest absolute Gasteiger partial charge is 0.329 e. The van der Waals surface area contributed by atoms with E-state index in [-0.39, 0.29) is 16.8 Å². The monoisotopic (exact) mass is 348 g/mol. The van der Waals surface area contributed by atoms with Crippen LogP contribution >= 0.6 is 38.9 Å². The molecule has 2 rings (SSSR count). The highest BCUT2D eigenvalue weighted by Gasteiger charge is 2.16. The molecule has 0 aliphatic carbocycles. The van der Waals surface area contributed by atoms with Crippen molar-refractivity contribution in [3.63, 3.8) is 0 Å². The molecule has 94 valence electrons. The zero-order valence-corrected chi connectivity index (χ0v) is 11.9. The molecule has 2 aromatic rings. The summed E-state index contributed by atoms with van der Waals surface area (Å²) in [6.45, 7) is 0.423. The standard InChI is InChI=1S/C9H6BrClN4O2S/c10-5-1-2-18-7(5)4-12-8-6(15(16)17)3-13-9(11)14-8/h1-3H,4H2,(H,12,13,14). The van der Waals surface area contributed by atoms with Gasteiger partial charge in [-0.15, -0.1) is 11.3 Å². The van der Waals surface area contributed by atoms with Crippen LogP contribution in [0, 0.1) is 10.1 Å². The first kappa shape index (κ1) is 13.2. The third-order valence-electron chi connectivity index (χ3n) is 2.04. The number of anilines is 1. The molecule has 0 aliphatic heterocycles. The zero-order valence-electron chi connectivity index (χ0n) is 8.76. The fourth-order valence-corrected chi connectivity index (χ4v) is 2.80. The Kier molecular flexibility index (Phi) is 4.10. The molecule has 0 unspecified atom stereocenters. The van der Waals surface area contributed by atoms with Crippen LogP contribution in [-0.2, 0) is 6.54 Å². The Labute approximate surface area is 119 Å². The Morgan fingerprint density at radius 2 is 2.39 bits per heavy atom. The summed E-state index contributed by atoms with van der Waals surface area (Å²) >= 11 is 10.5. The highest BCUT2D eigenvalue weighted by Crippen LogP contribution is 2.26. The average Bonchev–Trinajstić information content (AvgIpc) is 2.72. The Morgan fingerprint density at radius 1 is 1.61 bits per heavy atom. The second kappa shape index (κ2) is 5.59. The molecule has 0 aromatic carbocycles. The average molecular weight is 350 g/mol. The molecule has 18 heavy (non-hydrogen) atoms. The first-order valence-corrected chi connectivity index (χ1v) is 6.75. The molecule has 0 radical (unpaired) electrons. The lowest BCUT2D eigenvalue weighted by molar-refractivity contribution is -0.384. The van der Waals surface area contributed by atoms with Crippen molar-refractivity contribution in [2.45, 2.75) is 6.54 Å². The van der Waals surface area contributed by atoms with Gasteiger partial charge < -0.3 is 5.32 Å². The van der Waals surface area contributed by atoms with Gasteiger partial charge in [0.15, 0.2) is 0 Å². The summed E-state index contributed by atoms with van der Waals surface area (Å²) in [5.74, 6) is 0.111. The second-order valence-corrected chi connectivity index (χ2v) is 5.37. The number of halogens is 2. The maximum Gasteiger partial charge on any atom is 0.329 e. The summed E-state index contributed by atoms with van der Waals surface area (Å²) in [7, 11) is 0. The van der Waals surface area contributed by atoms with E-state index in [1.807, 2.05) is 11.4 Å². The van der Waals surface area contributed by atoms with Crippen LogP contribution in [0.4, 0.5) is 11.5 Å². The van der Waals surface area contributed by atoms with E-state index >= 15 is 0 Å². The zero-order chi connectivity index (χ0) is 13.1. The number of rotatable bonds is 4. The van der Waals surface area contributed by atoms with E-state index in [1.165, 1.54) is 11.3 Å². The van der Waals surface area contributed by atoms with Gasteiger partial charge in [0, 0.05) is 9.35 Å². The van der Waals surface area contributed by atoms with Crippen LogP contribution in [0.2, 0.25) is 5.28 Å². The fourth-order valence-electron chi connectivity index (χ4n) is 1.23. The third-order valence-corrected chi connectivity index (χ3v) is 4.15. The lowest BCUT2D eigenvalue weighted by Crippen LogP contribution is -2.05. The minimum atomic E-state index is -0.553. The van der Waals surface area contributed by atoms with Crippen molar-refractivity contribution in [3.05, 3.63) is 42.4 Å². The van der Waals surface area contributed by atoms with Crippen molar-refractivity contribution >= 4 is 50.4 Å². The molecule has 0 amide bonds. The summed E-state index contributed by atoms with van der Waals surface area (Å²) in [5, 5.41) is 15.6. The first-order valence-electron chi connectivity index (χ1n) is 4.70. The normalized spacial score (nSPS) is 10.3. The van der Waals surface area contributed by atoms with Crippen LogP contribution in [0.1, 0.15) is 4.88 Å². The van der Waals surface area contributed by atoms with Crippen molar-refractivity contribution in [2.24, 2.45) is 0 Å². The number of hydrogen-bond acceptors (Lipinski definition) is 6. The molecule has 0 saturated carbocycles. The lowest BCUT2D eigenvalue weighted by Gasteiger charge is -2.05. The van der Waals surface area contributed by atoms with E-state index in [9.17, 15) is 10.1 Å². The van der Waals surface area contributed by atoms with E-state index in [0.717, 1.165) is 15.5 Å². The molecule has 9 heteroatoms. The van der Waals surface area contributed by atoms with Crippen LogP contribution < -0.4 is 5.32 Å². The molecule has 2 heterocycles. The summed E-state index contributed by atoms with van der Waals surface area (Å²) in [4.78, 5) is 18.7. The van der Waals surface area contributed by atoms with E-state index in [1.54, 1.807) is 0 Å². The Bertz CT molecular complexity index is 592. The molecule has 0 spiro atoms. The highest BCUT2D eigenvalue weighted by atomic mass is 79.9. The Balaban J connectivity index is 2.20. The van der Waals surface area contributed by atoms with Crippen molar-refractivity contribution in [1.82, 2.24) is 9.97 Å². The summed E-state index contributed by atoms with van der Waals surface area (Å²) < 4.78 is 0.947. The van der Waals surface area contributed by atoms with Gasteiger partial charge >= 0.3 is 5.69 Å². The van der Waals surface area contributed by atoms with Crippen LogP contribution in [0.5, 0.6) is 0 Å². The largest absolute Gasteiger partial charge is 0.359 e. The minimum absolute atomic E-state index is 0.0339. The van der Waals surface area contributed by atoms with Gasteiger partial charge in [-0.05, 0) is 39.0 Å². The summed E-state index contributed by atoms with van der Waals surface area (Å²) in [6, 6.07) is 1.91. The number of nitrogens with zero attached hydrogens (tertiary/aromatic N) is 3. The molecular formula is C9H6BrClN4O2S. The number of nitrogens with one attached hydrogen (secondary N) is 1. The van der Waals surface area contributed by atoms with Gasteiger partial charge in [0.05, 0.1) is 11.5 Å². The maximum atomic E-state index is 10.8. The second-order valence-electron chi connectivity index (χ2n) is 3.18. The van der Waals surface area contributed by atoms with Crippen LogP contribution in [0.3, 0.4) is 0 Å². The fraction of sp³-hybridized carbons (Fsp3) is 0.111. The lowest BCUT2D eigenvalue weighted by atomic mass is 10.4. The van der Waals surface area contributed by atoms with Crippen LogP contribution in [-0.4, -0.2) is 14.9 Å². The number of aromatic nitrogens is 2. The summed E-state index contributed by atoms with van der Waals surface area (Å²) in [5.41, 5.74) is -0.202. The number of thiophene rings is 1. The molecule has 2 aromatic heterocycles. The van der Waals surface area contributed by atoms with Crippen molar-refractivity contribution in [1.29, 1.82) is 0 Å². The van der Waals surface area contributed by atoms with Crippen molar-refractivity contribution in [2.75, 3.05) is 5.32 Å². The molecular weight excluding hydrogens is 344 g/mol. The van der Waals surface area contributed by atoms with Crippen molar-refractivity contribution < 1.29 is 4.92 Å². The molecule has 0 saturated heterocycles. The van der Waals surface area contributed by atoms with E-state index < -0.39 is 4.92 Å². The van der Waals surface area contributed by atoms with Gasteiger partial charge in [-0.25, -0.2) is 4.98 Å². The van der Waals surface area contributed by atoms with E-state index in [0.29, 0.717) is 6.54 Å². The van der Waals surface area contributed by atoms with Crippen LogP contribution in [0.15, 0.2) is 22.1 Å². The highest BCUT2D eigenvalue weighted by molar-refractivity contribution is 9.10. The van der Waals surface area contributed by atoms with Gasteiger partial charge in [0.25, 0.3) is 0 Å². The quantitative estimate of drug-likeness (QED) is 0.519. The van der Waals surface area contributed by atoms with Crippen molar-refractivity contribution in [3.8, 4) is 0 Å². The molecule has 0 bridgehead atoms. The minimum Gasteiger partial charge on any atom is -0.359 e. The molecule has 0 aliphatic rings. The maximum absolute atomic E-state index is 10.8. The van der Waals surface area contributed by atoms with E-state index in [2.05, 4.69) is 31.2 Å². The molecule has 1 N–H and O–H groups in total. The van der Waals surface area contributed by atoms with Gasteiger partial charge in [-0.3, -0.25) is 10.1 Å². The van der Waals surface area contributed by atoms with Gasteiger partial charge in [0.2, 0.25) is 11.1 Å². The predicted octanol–water partition coefficient (Wildman–Crippen LogP) is 3.47. The van der Waals surface area contributed by atoms with Gasteiger partial charge in [-0.1, -0.05) is 0 Å². The SMILES string of the molecule is O=[N+]([O-])c1cnc(Cl)nc1NCc1sccc1Br. The third kappa shape index (κ3) is 2.95. The number of nitro groups is 1. The van der Waals surface area contributed by atoms with Crippen LogP contribution in [0.25, 0.3) is 0 Å². The first-order chi connectivity index (χ1) is 8.58. The summed E-state index contributed by atoms with van der Waals surface area (Å²) in [6.07, 6.45) is 1.08. The number of hydrogen-bond donors (Lipinski definition) is 1. The molecule has 0 atom stereocenters. The van der Waals surface area contributed by atoms with E-state index in [4.69, 9.17) is 11.6 Å². The Hall–Kier alpha value is -1.25. The Morgan fingerprint density at radius 3 is 3.00 bits per heavy atom. The molecule has 0 fully saturated rings. The predicted molar refractivity (Wildman–Crippen MR) is 73.0 cm³/mol. The molecule has 6 nitrogen and oxygen atoms in total. The van der Waals surface area contributed by atoms with Gasteiger partial charge in [0.1, 0.15) is 6.20 Å².